The van der Waals surface area contributed by atoms with Gasteiger partial charge in [-0.2, -0.15) is 0 Å². The molecular weight excluding hydrogens is 164 g/mol. The van der Waals surface area contributed by atoms with E-state index in [-0.39, 0.29) is 0 Å². The van der Waals surface area contributed by atoms with Crippen LogP contribution in [0.5, 0.6) is 0 Å². The van der Waals surface area contributed by atoms with E-state index in [0.717, 1.165) is 38.6 Å². The van der Waals surface area contributed by atoms with Gasteiger partial charge in [-0.25, -0.2) is 0 Å². The smallest absolute Gasteiger partial charge is 0.0801 e. The Balaban J connectivity index is 1.95. The van der Waals surface area contributed by atoms with E-state index >= 15 is 0 Å². The molecule has 0 bridgehead atoms. The van der Waals surface area contributed by atoms with Crippen molar-refractivity contribution in [1.82, 2.24) is 5.32 Å². The lowest BCUT2D eigenvalue weighted by atomic mass is 9.77. The number of nitrogens with two attached hydrogens (primary N) is 1. The molecule has 76 valence electrons. The Labute approximate surface area is 79.7 Å². The van der Waals surface area contributed by atoms with Crippen LogP contribution in [0.4, 0.5) is 0 Å². The predicted molar refractivity (Wildman–Crippen MR) is 52.4 cm³/mol. The van der Waals surface area contributed by atoms with Crippen molar-refractivity contribution in [2.75, 3.05) is 6.54 Å². The number of aliphatic hydroxyl groups is 1. The highest BCUT2D eigenvalue weighted by Gasteiger charge is 2.40. The maximum absolute atomic E-state index is 10.4. The molecule has 0 aromatic heterocycles. The first-order valence-electron chi connectivity index (χ1n) is 5.42. The van der Waals surface area contributed by atoms with Crippen molar-refractivity contribution >= 4 is 0 Å². The fraction of sp³-hybridized carbons (Fsp3) is 1.00. The van der Waals surface area contributed by atoms with Crippen molar-refractivity contribution in [3.63, 3.8) is 0 Å². The summed E-state index contributed by atoms with van der Waals surface area (Å²) in [5.74, 6) is 0. The van der Waals surface area contributed by atoms with Gasteiger partial charge in [-0.15, -0.1) is 0 Å². The van der Waals surface area contributed by atoms with E-state index in [0.29, 0.717) is 12.1 Å². The topological polar surface area (TPSA) is 58.3 Å². The van der Waals surface area contributed by atoms with E-state index in [4.69, 9.17) is 5.73 Å². The molecule has 2 fully saturated rings. The quantitative estimate of drug-likeness (QED) is 0.552. The van der Waals surface area contributed by atoms with Crippen molar-refractivity contribution in [3.05, 3.63) is 0 Å². The van der Waals surface area contributed by atoms with Crippen LogP contribution >= 0.6 is 0 Å². The van der Waals surface area contributed by atoms with Crippen molar-refractivity contribution in [2.24, 2.45) is 5.73 Å². The maximum Gasteiger partial charge on any atom is 0.0801 e. The van der Waals surface area contributed by atoms with Crippen LogP contribution in [-0.4, -0.2) is 29.3 Å². The Kier molecular flexibility index (Phi) is 2.58. The van der Waals surface area contributed by atoms with Crippen molar-refractivity contribution < 1.29 is 5.11 Å². The minimum absolute atomic E-state index is 0.321. The Bertz CT molecular complexity index is 170. The predicted octanol–water partition coefficient (Wildman–Crippen LogP) is 0.371. The molecule has 0 radical (unpaired) electrons. The van der Waals surface area contributed by atoms with Gasteiger partial charge in [-0.05, 0) is 45.1 Å². The van der Waals surface area contributed by atoms with E-state index in [9.17, 15) is 5.11 Å². The molecule has 1 saturated heterocycles. The Morgan fingerprint density at radius 2 is 1.92 bits per heavy atom. The molecule has 3 nitrogen and oxygen atoms in total. The van der Waals surface area contributed by atoms with Gasteiger partial charge in [0.2, 0.25) is 0 Å². The largest absolute Gasteiger partial charge is 0.388 e. The Morgan fingerprint density at radius 1 is 1.23 bits per heavy atom. The van der Waals surface area contributed by atoms with Crippen LogP contribution < -0.4 is 11.1 Å². The fourth-order valence-corrected chi connectivity index (χ4v) is 2.63. The van der Waals surface area contributed by atoms with Crippen LogP contribution in [0.3, 0.4) is 0 Å². The molecule has 1 aliphatic heterocycles. The Hall–Kier alpha value is -0.120. The monoisotopic (exact) mass is 184 g/mol. The highest BCUT2D eigenvalue weighted by molar-refractivity contribution is 4.98. The van der Waals surface area contributed by atoms with Crippen molar-refractivity contribution in [3.8, 4) is 0 Å². The third-order valence-corrected chi connectivity index (χ3v) is 3.61. The second-order valence-corrected chi connectivity index (χ2v) is 4.59. The van der Waals surface area contributed by atoms with Gasteiger partial charge >= 0.3 is 0 Å². The van der Waals surface area contributed by atoms with Crippen LogP contribution in [0.15, 0.2) is 0 Å². The zero-order valence-corrected chi connectivity index (χ0v) is 8.13. The lowest BCUT2D eigenvalue weighted by molar-refractivity contribution is -0.0286. The summed E-state index contributed by atoms with van der Waals surface area (Å²) in [7, 11) is 0. The van der Waals surface area contributed by atoms with E-state index in [2.05, 4.69) is 5.32 Å². The third kappa shape index (κ3) is 1.87. The van der Waals surface area contributed by atoms with E-state index in [1.54, 1.807) is 0 Å². The van der Waals surface area contributed by atoms with Crippen molar-refractivity contribution in [1.29, 1.82) is 0 Å². The normalized spacial score (nSPS) is 46.6. The molecule has 0 aromatic carbocycles. The molecule has 3 heteroatoms. The fourth-order valence-electron chi connectivity index (χ4n) is 2.63. The van der Waals surface area contributed by atoms with Gasteiger partial charge in [0, 0.05) is 12.1 Å². The van der Waals surface area contributed by atoms with E-state index in [1.165, 1.54) is 6.42 Å². The minimum atomic E-state index is -0.452. The minimum Gasteiger partial charge on any atom is -0.388 e. The molecule has 0 aromatic rings. The van der Waals surface area contributed by atoms with Crippen LogP contribution in [0, 0.1) is 0 Å². The lowest BCUT2D eigenvalue weighted by Crippen LogP contribution is -2.51. The van der Waals surface area contributed by atoms with E-state index < -0.39 is 5.60 Å². The summed E-state index contributed by atoms with van der Waals surface area (Å²) in [6.45, 7) is 1.07. The van der Waals surface area contributed by atoms with Gasteiger partial charge in [0.25, 0.3) is 0 Å². The number of nitrogens with one attached hydrogen (secondary N) is 1. The molecule has 2 aliphatic rings. The molecule has 1 saturated carbocycles. The average Bonchev–Trinajstić information content (AvgIpc) is 2.63. The highest BCUT2D eigenvalue weighted by Crippen LogP contribution is 2.33. The van der Waals surface area contributed by atoms with Crippen LogP contribution in [0.25, 0.3) is 0 Å². The summed E-state index contributed by atoms with van der Waals surface area (Å²) >= 11 is 0. The zero-order chi connectivity index (χ0) is 9.31. The van der Waals surface area contributed by atoms with Gasteiger partial charge in [-0.3, -0.25) is 0 Å². The van der Waals surface area contributed by atoms with Gasteiger partial charge in [0.1, 0.15) is 0 Å². The number of hydrogen-bond donors (Lipinski definition) is 3. The highest BCUT2D eigenvalue weighted by atomic mass is 16.3. The van der Waals surface area contributed by atoms with Gasteiger partial charge < -0.3 is 16.2 Å². The van der Waals surface area contributed by atoms with Crippen molar-refractivity contribution in [2.45, 2.75) is 56.2 Å². The molecule has 0 amide bonds. The molecule has 1 heterocycles. The second-order valence-electron chi connectivity index (χ2n) is 4.59. The summed E-state index contributed by atoms with van der Waals surface area (Å²) in [4.78, 5) is 0. The average molecular weight is 184 g/mol. The third-order valence-electron chi connectivity index (χ3n) is 3.61. The molecule has 1 unspecified atom stereocenters. The molecule has 0 spiro atoms. The molecule has 1 aliphatic carbocycles. The summed E-state index contributed by atoms with van der Waals surface area (Å²) in [5.41, 5.74) is 5.37. The number of rotatable bonds is 1. The van der Waals surface area contributed by atoms with Crippen LogP contribution in [0.1, 0.15) is 38.5 Å². The first-order valence-corrected chi connectivity index (χ1v) is 5.42. The second kappa shape index (κ2) is 3.56. The first kappa shape index (κ1) is 9.44. The van der Waals surface area contributed by atoms with Crippen LogP contribution in [-0.2, 0) is 0 Å². The molecule has 1 atom stereocenters. The lowest BCUT2D eigenvalue weighted by Gasteiger charge is -2.39. The van der Waals surface area contributed by atoms with Gasteiger partial charge in [0.05, 0.1) is 5.60 Å². The van der Waals surface area contributed by atoms with Gasteiger partial charge in [0.15, 0.2) is 0 Å². The summed E-state index contributed by atoms with van der Waals surface area (Å²) in [6, 6.07) is 0.654. The molecule has 4 N–H and O–H groups in total. The van der Waals surface area contributed by atoms with Gasteiger partial charge in [-0.1, -0.05) is 0 Å². The summed E-state index contributed by atoms with van der Waals surface area (Å²) < 4.78 is 0. The molecular formula is C10H20N2O. The SMILES string of the molecule is NC1CCC(O)(C2CCCN2)CC1. The standard InChI is InChI=1S/C10H20N2O/c11-8-3-5-10(13,6-4-8)9-2-1-7-12-9/h8-9,12-13H,1-7,11H2. The maximum atomic E-state index is 10.4. The first-order chi connectivity index (χ1) is 6.21. The zero-order valence-electron chi connectivity index (χ0n) is 8.13. The summed E-state index contributed by atoms with van der Waals surface area (Å²) in [5, 5.41) is 13.8. The van der Waals surface area contributed by atoms with Crippen LogP contribution in [0.2, 0.25) is 0 Å². The molecule has 13 heavy (non-hydrogen) atoms. The van der Waals surface area contributed by atoms with E-state index in [1.807, 2.05) is 0 Å². The molecule has 2 rings (SSSR count). The summed E-state index contributed by atoms with van der Waals surface area (Å²) in [6.07, 6.45) is 6.06. The number of hydrogen-bond acceptors (Lipinski definition) is 3. The Morgan fingerprint density at radius 3 is 2.46 bits per heavy atom.